The molecule has 2 aromatic rings. The van der Waals surface area contributed by atoms with E-state index in [1.807, 2.05) is 0 Å². The van der Waals surface area contributed by atoms with Crippen molar-refractivity contribution in [2.75, 3.05) is 24.4 Å². The zero-order valence-electron chi connectivity index (χ0n) is 15.7. The van der Waals surface area contributed by atoms with Gasteiger partial charge in [-0.2, -0.15) is 0 Å². The molecule has 0 saturated carbocycles. The predicted octanol–water partition coefficient (Wildman–Crippen LogP) is 4.29. The summed E-state index contributed by atoms with van der Waals surface area (Å²) in [4.78, 5) is 35.6. The number of esters is 1. The molecule has 7 nitrogen and oxygen atoms in total. The molecular formula is C20H20Cl2N2O5. The van der Waals surface area contributed by atoms with E-state index in [9.17, 15) is 14.4 Å². The predicted molar refractivity (Wildman–Crippen MR) is 112 cm³/mol. The maximum absolute atomic E-state index is 12.0. The number of halogens is 2. The van der Waals surface area contributed by atoms with Crippen LogP contribution in [0.2, 0.25) is 10.0 Å². The molecule has 0 radical (unpaired) electrons. The number of methoxy groups -OCH3 is 1. The number of para-hydroxylation sites is 1. The van der Waals surface area contributed by atoms with Crippen LogP contribution in [-0.4, -0.2) is 31.5 Å². The SMILES string of the molecule is COc1ccc(Cl)cc1NC(=O)CCCC(=O)OCC(=O)Nc1ccccc1Cl. The number of anilines is 2. The van der Waals surface area contributed by atoms with Gasteiger partial charge in [-0.1, -0.05) is 35.3 Å². The van der Waals surface area contributed by atoms with Crippen molar-refractivity contribution < 1.29 is 23.9 Å². The summed E-state index contributed by atoms with van der Waals surface area (Å²) in [6.07, 6.45) is 0.357. The molecule has 0 aromatic heterocycles. The average molecular weight is 439 g/mol. The first kappa shape index (κ1) is 22.5. The second-order valence-corrected chi connectivity index (χ2v) is 6.78. The molecule has 0 aliphatic rings. The monoisotopic (exact) mass is 438 g/mol. The standard InChI is InChI=1S/C20H20Cl2N2O5/c1-28-17-10-9-13(21)11-16(17)24-18(25)7-4-8-20(27)29-12-19(26)23-15-6-3-2-5-14(15)22/h2-3,5-6,9-11H,4,7-8,12H2,1H3,(H,23,26)(H,24,25). The highest BCUT2D eigenvalue weighted by Crippen LogP contribution is 2.27. The van der Waals surface area contributed by atoms with E-state index in [1.54, 1.807) is 42.5 Å². The number of hydrogen-bond donors (Lipinski definition) is 2. The number of nitrogens with one attached hydrogen (secondary N) is 2. The van der Waals surface area contributed by atoms with Crippen LogP contribution >= 0.6 is 23.2 Å². The van der Waals surface area contributed by atoms with Crippen molar-refractivity contribution in [2.45, 2.75) is 19.3 Å². The zero-order valence-corrected chi connectivity index (χ0v) is 17.2. The maximum Gasteiger partial charge on any atom is 0.306 e. The number of rotatable bonds is 9. The van der Waals surface area contributed by atoms with E-state index in [4.69, 9.17) is 32.7 Å². The van der Waals surface area contributed by atoms with Crippen molar-refractivity contribution in [1.82, 2.24) is 0 Å². The first-order valence-corrected chi connectivity index (χ1v) is 9.48. The molecule has 0 atom stereocenters. The van der Waals surface area contributed by atoms with Crippen LogP contribution in [0, 0.1) is 0 Å². The summed E-state index contributed by atoms with van der Waals surface area (Å²) in [5.74, 6) is -0.897. The number of benzene rings is 2. The molecule has 154 valence electrons. The van der Waals surface area contributed by atoms with Crippen LogP contribution in [0.3, 0.4) is 0 Å². The van der Waals surface area contributed by atoms with Crippen LogP contribution in [0.5, 0.6) is 5.75 Å². The van der Waals surface area contributed by atoms with Crippen LogP contribution in [0.15, 0.2) is 42.5 Å². The molecule has 2 N–H and O–H groups in total. The summed E-state index contributed by atoms with van der Waals surface area (Å²) in [5, 5.41) is 6.07. The van der Waals surface area contributed by atoms with Crippen LogP contribution in [-0.2, 0) is 19.1 Å². The highest BCUT2D eigenvalue weighted by Gasteiger charge is 2.12. The van der Waals surface area contributed by atoms with Gasteiger partial charge in [0.25, 0.3) is 5.91 Å². The third-order valence-electron chi connectivity index (χ3n) is 3.73. The third-order valence-corrected chi connectivity index (χ3v) is 4.30. The molecule has 0 aliphatic heterocycles. The van der Waals surface area contributed by atoms with Gasteiger partial charge >= 0.3 is 5.97 Å². The van der Waals surface area contributed by atoms with Gasteiger partial charge in [0.2, 0.25) is 5.91 Å². The Kier molecular flexibility index (Phi) is 8.76. The third kappa shape index (κ3) is 7.63. The van der Waals surface area contributed by atoms with Gasteiger partial charge in [-0.05, 0) is 36.8 Å². The summed E-state index contributed by atoms with van der Waals surface area (Å²) >= 11 is 11.9. The quantitative estimate of drug-likeness (QED) is 0.569. The molecule has 0 saturated heterocycles. The first-order valence-electron chi connectivity index (χ1n) is 8.72. The van der Waals surface area contributed by atoms with Gasteiger partial charge in [-0.3, -0.25) is 14.4 Å². The molecule has 0 bridgehead atoms. The normalized spacial score (nSPS) is 10.2. The Bertz CT molecular complexity index is 889. The Morgan fingerprint density at radius 2 is 1.66 bits per heavy atom. The van der Waals surface area contributed by atoms with Crippen LogP contribution in [0.25, 0.3) is 0 Å². The Morgan fingerprint density at radius 3 is 2.38 bits per heavy atom. The van der Waals surface area contributed by atoms with Gasteiger partial charge in [0.15, 0.2) is 6.61 Å². The molecule has 0 spiro atoms. The van der Waals surface area contributed by atoms with E-state index in [-0.39, 0.29) is 25.2 Å². The summed E-state index contributed by atoms with van der Waals surface area (Å²) in [6, 6.07) is 11.6. The minimum atomic E-state index is -0.576. The lowest BCUT2D eigenvalue weighted by Gasteiger charge is -2.10. The minimum absolute atomic E-state index is 0.000522. The maximum atomic E-state index is 12.0. The smallest absolute Gasteiger partial charge is 0.306 e. The molecule has 0 unspecified atom stereocenters. The zero-order chi connectivity index (χ0) is 21.2. The Hall–Kier alpha value is -2.77. The van der Waals surface area contributed by atoms with E-state index in [1.165, 1.54) is 7.11 Å². The molecule has 9 heteroatoms. The number of hydrogen-bond acceptors (Lipinski definition) is 5. The van der Waals surface area contributed by atoms with Crippen molar-refractivity contribution >= 4 is 52.4 Å². The Morgan fingerprint density at radius 1 is 0.931 bits per heavy atom. The molecular weight excluding hydrogens is 419 g/mol. The fourth-order valence-corrected chi connectivity index (χ4v) is 2.71. The molecule has 2 amide bonds. The lowest BCUT2D eigenvalue weighted by molar-refractivity contribution is -0.147. The second-order valence-electron chi connectivity index (χ2n) is 5.94. The summed E-state index contributed by atoms with van der Waals surface area (Å²) in [5.41, 5.74) is 0.882. The molecule has 0 fully saturated rings. The molecule has 2 aromatic carbocycles. The summed E-state index contributed by atoms with van der Waals surface area (Å²) in [6.45, 7) is -0.435. The van der Waals surface area contributed by atoms with Crippen LogP contribution in [0.4, 0.5) is 11.4 Å². The number of amides is 2. The summed E-state index contributed by atoms with van der Waals surface area (Å²) in [7, 11) is 1.48. The van der Waals surface area contributed by atoms with Gasteiger partial charge in [-0.15, -0.1) is 0 Å². The Labute approximate surface area is 178 Å². The minimum Gasteiger partial charge on any atom is -0.495 e. The lowest BCUT2D eigenvalue weighted by atomic mass is 10.2. The van der Waals surface area contributed by atoms with Gasteiger partial charge in [0.1, 0.15) is 5.75 Å². The highest BCUT2D eigenvalue weighted by atomic mass is 35.5. The van der Waals surface area contributed by atoms with Crippen molar-refractivity contribution in [3.8, 4) is 5.75 Å². The van der Waals surface area contributed by atoms with Gasteiger partial charge in [0.05, 0.1) is 23.5 Å². The van der Waals surface area contributed by atoms with E-state index in [0.717, 1.165) is 0 Å². The number of carbonyl (C=O) groups excluding carboxylic acids is 3. The van der Waals surface area contributed by atoms with Crippen LogP contribution < -0.4 is 15.4 Å². The largest absolute Gasteiger partial charge is 0.495 e. The highest BCUT2D eigenvalue weighted by molar-refractivity contribution is 6.33. The van der Waals surface area contributed by atoms with Crippen molar-refractivity contribution in [3.63, 3.8) is 0 Å². The Balaban J connectivity index is 1.69. The molecule has 0 aliphatic carbocycles. The molecule has 2 rings (SSSR count). The van der Waals surface area contributed by atoms with Gasteiger partial charge in [0, 0.05) is 17.9 Å². The number of carbonyl (C=O) groups is 3. The fraction of sp³-hybridized carbons (Fsp3) is 0.250. The summed E-state index contributed by atoms with van der Waals surface area (Å²) < 4.78 is 10.1. The lowest BCUT2D eigenvalue weighted by Crippen LogP contribution is -2.21. The van der Waals surface area contributed by atoms with Crippen molar-refractivity contribution in [3.05, 3.63) is 52.5 Å². The van der Waals surface area contributed by atoms with E-state index < -0.39 is 18.5 Å². The first-order chi connectivity index (χ1) is 13.9. The van der Waals surface area contributed by atoms with Crippen molar-refractivity contribution in [1.29, 1.82) is 0 Å². The average Bonchev–Trinajstić information content (AvgIpc) is 2.68. The van der Waals surface area contributed by atoms with Gasteiger partial charge < -0.3 is 20.1 Å². The molecule has 29 heavy (non-hydrogen) atoms. The number of ether oxygens (including phenoxy) is 2. The van der Waals surface area contributed by atoms with E-state index in [0.29, 0.717) is 27.2 Å². The fourth-order valence-electron chi connectivity index (χ4n) is 2.35. The molecule has 0 heterocycles. The van der Waals surface area contributed by atoms with E-state index in [2.05, 4.69) is 10.6 Å². The van der Waals surface area contributed by atoms with Crippen molar-refractivity contribution in [2.24, 2.45) is 0 Å². The van der Waals surface area contributed by atoms with Gasteiger partial charge in [-0.25, -0.2) is 0 Å². The van der Waals surface area contributed by atoms with Crippen LogP contribution in [0.1, 0.15) is 19.3 Å². The topological polar surface area (TPSA) is 93.7 Å². The van der Waals surface area contributed by atoms with E-state index >= 15 is 0 Å². The second kappa shape index (κ2) is 11.3.